The highest BCUT2D eigenvalue weighted by atomic mass is 35.5. The van der Waals surface area contributed by atoms with Crippen molar-refractivity contribution in [3.05, 3.63) is 64.7 Å². The van der Waals surface area contributed by atoms with E-state index in [9.17, 15) is 22.8 Å². The van der Waals surface area contributed by atoms with Crippen molar-refractivity contribution in [2.75, 3.05) is 20.3 Å². The minimum atomic E-state index is -5.10. The van der Waals surface area contributed by atoms with Crippen LogP contribution >= 0.6 is 11.6 Å². The largest absolute Gasteiger partial charge is 0.490 e. The zero-order valence-electron chi connectivity index (χ0n) is 17.4. The summed E-state index contributed by atoms with van der Waals surface area (Å²) in [5.41, 5.74) is 1.28. The number of ether oxygens (including phenoxy) is 3. The summed E-state index contributed by atoms with van der Waals surface area (Å²) in [6.07, 6.45) is -5.72. The molecule has 0 aliphatic carbocycles. The van der Waals surface area contributed by atoms with E-state index in [0.29, 0.717) is 22.8 Å². The van der Waals surface area contributed by atoms with Crippen LogP contribution in [0.5, 0.6) is 5.75 Å². The van der Waals surface area contributed by atoms with Crippen LogP contribution in [-0.2, 0) is 25.5 Å². The van der Waals surface area contributed by atoms with E-state index in [4.69, 9.17) is 16.3 Å². The van der Waals surface area contributed by atoms with Crippen LogP contribution in [0.25, 0.3) is 0 Å². The third-order valence-corrected chi connectivity index (χ3v) is 4.64. The summed E-state index contributed by atoms with van der Waals surface area (Å²) in [7, 11) is 1.27. The molecule has 0 saturated carbocycles. The Labute approximate surface area is 188 Å². The summed E-state index contributed by atoms with van der Waals surface area (Å²) in [5, 5.41) is 3.41. The maximum absolute atomic E-state index is 12.7. The Morgan fingerprint density at radius 2 is 1.81 bits per heavy atom. The number of carbonyl (C=O) groups excluding carboxylic acids is 2. The van der Waals surface area contributed by atoms with Crippen molar-refractivity contribution < 1.29 is 37.0 Å². The van der Waals surface area contributed by atoms with Crippen LogP contribution in [0.1, 0.15) is 24.2 Å². The summed E-state index contributed by atoms with van der Waals surface area (Å²) < 4.78 is 52.5. The van der Waals surface area contributed by atoms with E-state index < -0.39 is 24.2 Å². The van der Waals surface area contributed by atoms with E-state index in [1.807, 2.05) is 19.1 Å². The Balaban J connectivity index is 1.96. The highest BCUT2D eigenvalue weighted by Crippen LogP contribution is 2.25. The first-order valence-corrected chi connectivity index (χ1v) is 10.0. The van der Waals surface area contributed by atoms with Gasteiger partial charge in [0, 0.05) is 17.6 Å². The predicted octanol–water partition coefficient (Wildman–Crippen LogP) is 4.26. The van der Waals surface area contributed by atoms with Crippen molar-refractivity contribution in [3.63, 3.8) is 0 Å². The van der Waals surface area contributed by atoms with Gasteiger partial charge in [0.05, 0.1) is 7.11 Å². The van der Waals surface area contributed by atoms with Crippen molar-refractivity contribution in [2.45, 2.75) is 31.7 Å². The first-order valence-electron chi connectivity index (χ1n) is 9.63. The second-order valence-electron chi connectivity index (χ2n) is 6.97. The van der Waals surface area contributed by atoms with Gasteiger partial charge in [-0.05, 0) is 48.7 Å². The third-order valence-electron chi connectivity index (χ3n) is 4.40. The van der Waals surface area contributed by atoms with E-state index >= 15 is 0 Å². The molecule has 6 nitrogen and oxygen atoms in total. The molecule has 0 radical (unpaired) electrons. The van der Waals surface area contributed by atoms with Gasteiger partial charge in [0.1, 0.15) is 11.9 Å². The Morgan fingerprint density at radius 3 is 2.41 bits per heavy atom. The molecule has 2 aromatic carbocycles. The molecule has 0 bridgehead atoms. The summed E-state index contributed by atoms with van der Waals surface area (Å²) in [6.45, 7) is 1.61. The second-order valence-corrected chi connectivity index (χ2v) is 7.41. The molecule has 2 rings (SSSR count). The maximum Gasteiger partial charge on any atom is 0.490 e. The summed E-state index contributed by atoms with van der Waals surface area (Å²) in [6, 6.07) is 13.0. The molecule has 0 aliphatic heterocycles. The first kappa shape index (κ1) is 25.5. The Hall–Kier alpha value is -2.78. The molecule has 10 heteroatoms. The lowest BCUT2D eigenvalue weighted by Gasteiger charge is -2.22. The van der Waals surface area contributed by atoms with Crippen LogP contribution in [0.15, 0.2) is 48.5 Å². The van der Waals surface area contributed by atoms with Gasteiger partial charge in [0.2, 0.25) is 0 Å². The van der Waals surface area contributed by atoms with E-state index in [2.05, 4.69) is 14.8 Å². The van der Waals surface area contributed by atoms with Crippen molar-refractivity contribution in [3.8, 4) is 5.75 Å². The van der Waals surface area contributed by atoms with Crippen LogP contribution in [0, 0.1) is 0 Å². The van der Waals surface area contributed by atoms with E-state index in [1.54, 1.807) is 30.3 Å². The predicted molar refractivity (Wildman–Crippen MR) is 111 cm³/mol. The number of nitrogens with one attached hydrogen (secondary N) is 1. The zero-order chi connectivity index (χ0) is 23.7. The third kappa shape index (κ3) is 8.39. The van der Waals surface area contributed by atoms with Crippen molar-refractivity contribution in [1.29, 1.82) is 0 Å². The number of hydrogen-bond donors (Lipinski definition) is 1. The van der Waals surface area contributed by atoms with E-state index in [1.165, 1.54) is 13.2 Å². The normalized spacial score (nSPS) is 13.2. The lowest BCUT2D eigenvalue weighted by atomic mass is 10.1. The highest BCUT2D eigenvalue weighted by molar-refractivity contribution is 6.30. The Kier molecular flexibility index (Phi) is 9.34. The molecule has 2 atom stereocenters. The van der Waals surface area contributed by atoms with Crippen LogP contribution in [0.2, 0.25) is 5.02 Å². The van der Waals surface area contributed by atoms with Crippen LogP contribution < -0.4 is 10.1 Å². The monoisotopic (exact) mass is 473 g/mol. The van der Waals surface area contributed by atoms with Gasteiger partial charge < -0.3 is 19.5 Å². The molecule has 0 spiro atoms. The highest BCUT2D eigenvalue weighted by Gasteiger charge is 2.42. The summed E-state index contributed by atoms with van der Waals surface area (Å²) in [5.74, 6) is -2.26. The number of esters is 2. The van der Waals surface area contributed by atoms with Crippen molar-refractivity contribution >= 4 is 23.5 Å². The van der Waals surface area contributed by atoms with Gasteiger partial charge in [-0.3, -0.25) is 0 Å². The molecule has 174 valence electrons. The Bertz CT molecular complexity index is 905. The standard InChI is InChI=1S/C22H23ClF3NO5/c1-14(10-15-6-8-18(9-7-15)31-13-20(28)30-2)27-12-19(32-21(29)22(24,25)26)16-4-3-5-17(23)11-16/h3-9,11,14,19,27H,10,12-13H2,1-2H3. The van der Waals surface area contributed by atoms with Crippen LogP contribution in [0.3, 0.4) is 0 Å². The average Bonchev–Trinajstić information content (AvgIpc) is 2.75. The second kappa shape index (κ2) is 11.7. The number of benzene rings is 2. The molecule has 0 aromatic heterocycles. The van der Waals surface area contributed by atoms with Crippen molar-refractivity contribution in [1.82, 2.24) is 5.32 Å². The van der Waals surface area contributed by atoms with Gasteiger partial charge in [-0.1, -0.05) is 35.9 Å². The number of alkyl halides is 3. The van der Waals surface area contributed by atoms with Crippen LogP contribution in [-0.4, -0.2) is 44.4 Å². The molecule has 0 fully saturated rings. The van der Waals surface area contributed by atoms with Gasteiger partial charge in [-0.15, -0.1) is 0 Å². The Morgan fingerprint density at radius 1 is 1.12 bits per heavy atom. The molecule has 0 amide bonds. The smallest absolute Gasteiger partial charge is 0.482 e. The molecule has 0 heterocycles. The van der Waals surface area contributed by atoms with Gasteiger partial charge in [-0.2, -0.15) is 13.2 Å². The van der Waals surface area contributed by atoms with Gasteiger partial charge in [0.25, 0.3) is 0 Å². The molecular weight excluding hydrogens is 451 g/mol. The van der Waals surface area contributed by atoms with Crippen molar-refractivity contribution in [2.24, 2.45) is 0 Å². The zero-order valence-corrected chi connectivity index (χ0v) is 18.2. The average molecular weight is 474 g/mol. The minimum absolute atomic E-state index is 0.0380. The fourth-order valence-corrected chi connectivity index (χ4v) is 2.99. The number of rotatable bonds is 10. The molecule has 0 aliphatic rings. The number of methoxy groups -OCH3 is 1. The summed E-state index contributed by atoms with van der Waals surface area (Å²) >= 11 is 5.93. The van der Waals surface area contributed by atoms with Crippen LogP contribution in [0.4, 0.5) is 13.2 Å². The summed E-state index contributed by atoms with van der Waals surface area (Å²) in [4.78, 5) is 22.5. The van der Waals surface area contributed by atoms with Gasteiger partial charge in [0.15, 0.2) is 6.61 Å². The fourth-order valence-electron chi connectivity index (χ4n) is 2.79. The lowest BCUT2D eigenvalue weighted by molar-refractivity contribution is -0.205. The molecule has 32 heavy (non-hydrogen) atoms. The molecule has 2 aromatic rings. The van der Waals surface area contributed by atoms with Gasteiger partial charge >= 0.3 is 18.1 Å². The minimum Gasteiger partial charge on any atom is -0.482 e. The fraction of sp³-hybridized carbons (Fsp3) is 0.364. The molecule has 2 unspecified atom stereocenters. The topological polar surface area (TPSA) is 73.9 Å². The van der Waals surface area contributed by atoms with E-state index in [0.717, 1.165) is 5.56 Å². The first-order chi connectivity index (χ1) is 15.1. The number of halogens is 4. The van der Waals surface area contributed by atoms with Gasteiger partial charge in [-0.25, -0.2) is 9.59 Å². The molecular formula is C22H23ClF3NO5. The molecule has 1 N–H and O–H groups in total. The quantitative estimate of drug-likeness (QED) is 0.520. The number of carbonyl (C=O) groups is 2. The maximum atomic E-state index is 12.7. The lowest BCUT2D eigenvalue weighted by Crippen LogP contribution is -2.35. The SMILES string of the molecule is COC(=O)COc1ccc(CC(C)NCC(OC(=O)C(F)(F)F)c2cccc(Cl)c2)cc1. The van der Waals surface area contributed by atoms with E-state index in [-0.39, 0.29) is 19.2 Å². The number of hydrogen-bond acceptors (Lipinski definition) is 6. The molecule has 0 saturated heterocycles.